The molecule has 2 heteroatoms. The Bertz CT molecular complexity index is 111. The van der Waals surface area contributed by atoms with Gasteiger partial charge in [0.1, 0.15) is 0 Å². The third-order valence-corrected chi connectivity index (χ3v) is 1.84. The summed E-state index contributed by atoms with van der Waals surface area (Å²) in [6, 6.07) is 4.73. The van der Waals surface area contributed by atoms with Gasteiger partial charge < -0.3 is 0 Å². The van der Waals surface area contributed by atoms with Crippen LogP contribution < -0.4 is 5.73 Å². The molecule has 0 saturated heterocycles. The van der Waals surface area contributed by atoms with Gasteiger partial charge in [-0.05, 0) is 0 Å². The molecule has 0 fully saturated rings. The molecule has 1 nitrogen and oxygen atoms in total. The Morgan fingerprint density at radius 2 is 2.67 bits per heavy atom. The zero-order valence-electron chi connectivity index (χ0n) is 3.14. The molecular weight excluding hydrogens is 141 g/mol. The van der Waals surface area contributed by atoms with E-state index in [1.807, 2.05) is 11.0 Å². The Kier molecular flexibility index (Phi) is 0.992. The van der Waals surface area contributed by atoms with Gasteiger partial charge in [0.2, 0.25) is 0 Å². The predicted molar refractivity (Wildman–Crippen MR) is 26.6 cm³/mol. The fraction of sp³-hybridized carbons (Fsp3) is 0. The first-order valence-corrected chi connectivity index (χ1v) is 3.45. The van der Waals surface area contributed by atoms with E-state index < -0.39 is 0 Å². The molecule has 0 aliphatic heterocycles. The predicted octanol–water partition coefficient (Wildman–Crippen LogP) is 0.126. The second-order valence-corrected chi connectivity index (χ2v) is 2.92. The Balaban J connectivity index is 3.05. The van der Waals surface area contributed by atoms with Crippen LogP contribution in [0.3, 0.4) is 0 Å². The molecule has 0 spiro atoms. The van der Waals surface area contributed by atoms with Gasteiger partial charge in [0.15, 0.2) is 0 Å². The zero-order valence-corrected chi connectivity index (χ0v) is 4.85. The first-order valence-electron chi connectivity index (χ1n) is 1.60. The standard InChI is InChI=1S/C4H4NSe/c5-4-2-1-3-6-4/h1,3H,5H2. The number of anilines is 1. The van der Waals surface area contributed by atoms with Crippen LogP contribution in [0.5, 0.6) is 0 Å². The van der Waals surface area contributed by atoms with Crippen molar-refractivity contribution in [3.05, 3.63) is 17.1 Å². The molecule has 0 bridgehead atoms. The molecule has 2 N–H and O–H groups in total. The fourth-order valence-electron chi connectivity index (χ4n) is 0.257. The zero-order chi connectivity index (χ0) is 4.41. The molecule has 1 radical (unpaired) electrons. The van der Waals surface area contributed by atoms with Crippen molar-refractivity contribution in [1.29, 1.82) is 0 Å². The molecule has 1 aromatic heterocycles. The summed E-state index contributed by atoms with van der Waals surface area (Å²) in [5.74, 6) is 0. The molecule has 1 heterocycles. The average molecular weight is 145 g/mol. The number of rotatable bonds is 0. The van der Waals surface area contributed by atoms with Gasteiger partial charge in [-0.2, -0.15) is 0 Å². The van der Waals surface area contributed by atoms with Gasteiger partial charge in [-0.1, -0.05) is 0 Å². The van der Waals surface area contributed by atoms with Gasteiger partial charge in [-0.3, -0.25) is 0 Å². The summed E-state index contributed by atoms with van der Waals surface area (Å²) >= 11 is 0.431. The molecular formula is C4H4NSe. The maximum atomic E-state index is 5.31. The first kappa shape index (κ1) is 3.97. The summed E-state index contributed by atoms with van der Waals surface area (Å²) in [5, 5.41) is 0. The summed E-state index contributed by atoms with van der Waals surface area (Å²) < 4.78 is 0.905. The normalized spacial score (nSPS) is 8.67. The van der Waals surface area contributed by atoms with Gasteiger partial charge >= 0.3 is 41.9 Å². The van der Waals surface area contributed by atoms with Crippen LogP contribution in [-0.2, 0) is 0 Å². The van der Waals surface area contributed by atoms with Crippen molar-refractivity contribution in [2.45, 2.75) is 0 Å². The van der Waals surface area contributed by atoms with Gasteiger partial charge in [0.25, 0.3) is 0 Å². The molecule has 31 valence electrons. The third kappa shape index (κ3) is 0.644. The van der Waals surface area contributed by atoms with Crippen molar-refractivity contribution in [2.24, 2.45) is 0 Å². The molecule has 1 aromatic rings. The van der Waals surface area contributed by atoms with Crippen LogP contribution in [0.1, 0.15) is 0 Å². The minimum atomic E-state index is 0.431. The summed E-state index contributed by atoms with van der Waals surface area (Å²) in [4.78, 5) is 2.04. The van der Waals surface area contributed by atoms with Crippen LogP contribution in [0.15, 0.2) is 11.0 Å². The molecule has 0 aromatic carbocycles. The van der Waals surface area contributed by atoms with Gasteiger partial charge in [0.05, 0.1) is 0 Å². The van der Waals surface area contributed by atoms with Crippen molar-refractivity contribution in [3.8, 4) is 0 Å². The van der Waals surface area contributed by atoms with Crippen molar-refractivity contribution in [1.82, 2.24) is 0 Å². The van der Waals surface area contributed by atoms with E-state index in [2.05, 4.69) is 6.07 Å². The van der Waals surface area contributed by atoms with Crippen molar-refractivity contribution < 1.29 is 0 Å². The Morgan fingerprint density at radius 1 is 1.83 bits per heavy atom. The summed E-state index contributed by atoms with van der Waals surface area (Å²) in [6.07, 6.45) is 0. The first-order chi connectivity index (χ1) is 2.89. The fourth-order valence-corrected chi connectivity index (χ4v) is 1.14. The molecule has 0 amide bonds. The van der Waals surface area contributed by atoms with E-state index >= 15 is 0 Å². The Hall–Kier alpha value is -0.201. The van der Waals surface area contributed by atoms with Crippen LogP contribution in [0.4, 0.5) is 4.56 Å². The summed E-state index contributed by atoms with van der Waals surface area (Å²) in [5.41, 5.74) is 5.31. The van der Waals surface area contributed by atoms with Crippen LogP contribution in [0, 0.1) is 6.07 Å². The van der Waals surface area contributed by atoms with Crippen molar-refractivity contribution in [2.75, 3.05) is 5.73 Å². The second-order valence-electron chi connectivity index (χ2n) is 0.929. The van der Waals surface area contributed by atoms with E-state index in [9.17, 15) is 0 Å². The number of nitrogen functional groups attached to an aromatic ring is 1. The van der Waals surface area contributed by atoms with E-state index in [0.29, 0.717) is 14.5 Å². The summed E-state index contributed by atoms with van der Waals surface area (Å²) in [6.45, 7) is 0. The topological polar surface area (TPSA) is 26.0 Å². The molecule has 0 aliphatic carbocycles. The van der Waals surface area contributed by atoms with E-state index in [0.717, 1.165) is 4.56 Å². The maximum absolute atomic E-state index is 5.31. The summed E-state index contributed by atoms with van der Waals surface area (Å²) in [7, 11) is 0. The van der Waals surface area contributed by atoms with Crippen molar-refractivity contribution >= 4 is 19.1 Å². The SMILES string of the molecule is Nc1[c]cc[se]1. The van der Waals surface area contributed by atoms with Crippen LogP contribution in [0.2, 0.25) is 0 Å². The Morgan fingerprint density at radius 3 is 2.83 bits per heavy atom. The van der Waals surface area contributed by atoms with E-state index in [1.165, 1.54) is 0 Å². The molecule has 0 aliphatic rings. The van der Waals surface area contributed by atoms with Crippen LogP contribution in [0.25, 0.3) is 0 Å². The van der Waals surface area contributed by atoms with E-state index in [4.69, 9.17) is 5.73 Å². The van der Waals surface area contributed by atoms with E-state index in [-0.39, 0.29) is 0 Å². The van der Waals surface area contributed by atoms with Gasteiger partial charge in [-0.25, -0.2) is 0 Å². The third-order valence-electron chi connectivity index (χ3n) is 0.489. The van der Waals surface area contributed by atoms with Crippen molar-refractivity contribution in [3.63, 3.8) is 0 Å². The van der Waals surface area contributed by atoms with Crippen LogP contribution in [-0.4, -0.2) is 14.5 Å². The number of nitrogens with two attached hydrogens (primary N) is 1. The monoisotopic (exact) mass is 146 g/mol. The average Bonchev–Trinajstić information content (AvgIpc) is 1.86. The van der Waals surface area contributed by atoms with Crippen LogP contribution >= 0.6 is 0 Å². The second kappa shape index (κ2) is 1.50. The van der Waals surface area contributed by atoms with E-state index in [1.54, 1.807) is 0 Å². The number of hydrogen-bond acceptors (Lipinski definition) is 1. The number of hydrogen-bond donors (Lipinski definition) is 1. The Labute approximate surface area is 42.5 Å². The molecule has 0 unspecified atom stereocenters. The van der Waals surface area contributed by atoms with Gasteiger partial charge in [0, 0.05) is 0 Å². The quantitative estimate of drug-likeness (QED) is 0.516. The molecule has 0 atom stereocenters. The van der Waals surface area contributed by atoms with Gasteiger partial charge in [-0.15, -0.1) is 0 Å². The molecule has 6 heavy (non-hydrogen) atoms. The minimum absolute atomic E-state index is 0.431. The molecule has 1 rings (SSSR count). The molecule has 0 saturated carbocycles.